The van der Waals surface area contributed by atoms with Gasteiger partial charge >= 0.3 is 5.97 Å². The molecule has 4 nitrogen and oxygen atoms in total. The van der Waals surface area contributed by atoms with E-state index in [9.17, 15) is 9.90 Å². The molecule has 0 aliphatic rings. The highest BCUT2D eigenvalue weighted by molar-refractivity contribution is 6.32. The largest absolute Gasteiger partial charge is 0.476 e. The van der Waals surface area contributed by atoms with Crippen molar-refractivity contribution < 1.29 is 9.90 Å². The first-order valence-corrected chi connectivity index (χ1v) is 6.76. The van der Waals surface area contributed by atoms with Crippen LogP contribution in [0.1, 0.15) is 10.5 Å². The third-order valence-electron chi connectivity index (χ3n) is 3.61. The number of H-pyrrole nitrogens is 1. The minimum Gasteiger partial charge on any atom is -0.476 e. The molecule has 0 spiro atoms. The van der Waals surface area contributed by atoms with Crippen LogP contribution in [-0.4, -0.2) is 21.0 Å². The fourth-order valence-electron chi connectivity index (χ4n) is 2.73. The second-order valence-corrected chi connectivity index (χ2v) is 5.28. The molecule has 4 aromatic rings. The lowest BCUT2D eigenvalue weighted by atomic mass is 10.1. The molecule has 0 unspecified atom stereocenters. The van der Waals surface area contributed by atoms with Gasteiger partial charge in [0.2, 0.25) is 0 Å². The minimum absolute atomic E-state index is 0.0391. The molecule has 0 amide bonds. The number of carboxylic acids is 1. The Balaban J connectivity index is 2.34. The van der Waals surface area contributed by atoms with Crippen molar-refractivity contribution >= 4 is 50.3 Å². The van der Waals surface area contributed by atoms with E-state index in [0.29, 0.717) is 15.9 Å². The van der Waals surface area contributed by atoms with Crippen molar-refractivity contribution in [1.82, 2.24) is 9.97 Å². The number of pyridine rings is 1. The second-order valence-electron chi connectivity index (χ2n) is 4.85. The third kappa shape index (κ3) is 1.69. The smallest absolute Gasteiger partial charge is 0.355 e. The van der Waals surface area contributed by atoms with Gasteiger partial charge in [0, 0.05) is 26.7 Å². The quantitative estimate of drug-likeness (QED) is 0.552. The Bertz CT molecular complexity index is 1040. The van der Waals surface area contributed by atoms with Crippen LogP contribution in [0.15, 0.2) is 42.5 Å². The molecule has 0 atom stereocenters. The van der Waals surface area contributed by atoms with Gasteiger partial charge < -0.3 is 10.1 Å². The number of halogens is 1. The molecular weight excluding hydrogens is 288 g/mol. The first-order valence-electron chi connectivity index (χ1n) is 6.38. The number of carboxylic acid groups (broad SMARTS) is 1. The Morgan fingerprint density at radius 3 is 2.76 bits per heavy atom. The second kappa shape index (κ2) is 4.20. The molecular formula is C16H9ClN2O2. The summed E-state index contributed by atoms with van der Waals surface area (Å²) in [4.78, 5) is 19.1. The summed E-state index contributed by atoms with van der Waals surface area (Å²) in [5, 5.41) is 12.3. The fourth-order valence-corrected chi connectivity index (χ4v) is 2.90. The van der Waals surface area contributed by atoms with E-state index in [0.717, 1.165) is 21.8 Å². The minimum atomic E-state index is -1.05. The molecule has 2 heterocycles. The summed E-state index contributed by atoms with van der Waals surface area (Å²) in [7, 11) is 0. The van der Waals surface area contributed by atoms with Crippen molar-refractivity contribution in [3.63, 3.8) is 0 Å². The Hall–Kier alpha value is -2.59. The van der Waals surface area contributed by atoms with Crippen molar-refractivity contribution in [1.29, 1.82) is 0 Å². The number of carbonyl (C=O) groups is 1. The van der Waals surface area contributed by atoms with Gasteiger partial charge in [-0.2, -0.15) is 0 Å². The van der Waals surface area contributed by atoms with Gasteiger partial charge in [0.1, 0.15) is 0 Å². The molecule has 2 aromatic heterocycles. The maximum atomic E-state index is 11.6. The SMILES string of the molecule is O=C(O)c1nc2ccccc2c2[nH]c3ccc(Cl)cc3c12. The maximum absolute atomic E-state index is 11.6. The Morgan fingerprint density at radius 2 is 1.95 bits per heavy atom. The molecule has 0 aliphatic heterocycles. The zero-order valence-electron chi connectivity index (χ0n) is 10.7. The summed E-state index contributed by atoms with van der Waals surface area (Å²) in [5.74, 6) is -1.05. The number of nitrogens with one attached hydrogen (secondary N) is 1. The summed E-state index contributed by atoms with van der Waals surface area (Å²) in [6, 6.07) is 12.9. The topological polar surface area (TPSA) is 66.0 Å². The van der Waals surface area contributed by atoms with Crippen LogP contribution in [0.4, 0.5) is 0 Å². The van der Waals surface area contributed by atoms with Gasteiger partial charge in [0.15, 0.2) is 5.69 Å². The van der Waals surface area contributed by atoms with Crippen LogP contribution in [0.3, 0.4) is 0 Å². The van der Waals surface area contributed by atoms with Gasteiger partial charge in [-0.15, -0.1) is 0 Å². The van der Waals surface area contributed by atoms with Gasteiger partial charge in [-0.3, -0.25) is 0 Å². The number of fused-ring (bicyclic) bond motifs is 5. The average Bonchev–Trinajstić information content (AvgIpc) is 2.85. The van der Waals surface area contributed by atoms with E-state index in [4.69, 9.17) is 11.6 Å². The Labute approximate surface area is 124 Å². The molecule has 0 aliphatic carbocycles. The van der Waals surface area contributed by atoms with Crippen LogP contribution in [0.2, 0.25) is 5.02 Å². The first kappa shape index (κ1) is 12.2. The molecule has 5 heteroatoms. The lowest BCUT2D eigenvalue weighted by molar-refractivity contribution is 0.0693. The third-order valence-corrected chi connectivity index (χ3v) is 3.84. The number of hydrogen-bond donors (Lipinski definition) is 2. The van der Waals surface area contributed by atoms with E-state index in [1.54, 1.807) is 18.2 Å². The Morgan fingerprint density at radius 1 is 1.14 bits per heavy atom. The summed E-state index contributed by atoms with van der Waals surface area (Å²) in [5.41, 5.74) is 2.31. The lowest BCUT2D eigenvalue weighted by Gasteiger charge is -2.03. The molecule has 4 rings (SSSR count). The molecule has 0 saturated heterocycles. The van der Waals surface area contributed by atoms with Crippen LogP contribution in [0, 0.1) is 0 Å². The van der Waals surface area contributed by atoms with Gasteiger partial charge in [-0.25, -0.2) is 9.78 Å². The Kier molecular flexibility index (Phi) is 2.43. The van der Waals surface area contributed by atoms with Crippen LogP contribution in [-0.2, 0) is 0 Å². The van der Waals surface area contributed by atoms with Crippen LogP contribution < -0.4 is 0 Å². The number of para-hydroxylation sites is 1. The molecule has 0 bridgehead atoms. The molecule has 102 valence electrons. The number of aromatic amines is 1. The molecule has 0 saturated carbocycles. The molecule has 0 fully saturated rings. The standard InChI is InChI=1S/C16H9ClN2O2/c17-8-5-6-12-10(7-8)13-14(18-12)9-3-1-2-4-11(9)19-15(13)16(20)21/h1-7,18H,(H,20,21). The summed E-state index contributed by atoms with van der Waals surface area (Å²) in [6.45, 7) is 0. The molecule has 0 radical (unpaired) electrons. The highest BCUT2D eigenvalue weighted by Gasteiger charge is 2.18. The monoisotopic (exact) mass is 296 g/mol. The van der Waals surface area contributed by atoms with Crippen molar-refractivity contribution in [3.05, 3.63) is 53.2 Å². The van der Waals surface area contributed by atoms with E-state index < -0.39 is 5.97 Å². The zero-order chi connectivity index (χ0) is 14.6. The number of nitrogens with zero attached hydrogens (tertiary/aromatic N) is 1. The number of hydrogen-bond acceptors (Lipinski definition) is 2. The number of aromatic nitrogens is 2. The number of aromatic carboxylic acids is 1. The fraction of sp³-hybridized carbons (Fsp3) is 0. The number of rotatable bonds is 1. The van der Waals surface area contributed by atoms with E-state index in [-0.39, 0.29) is 5.69 Å². The predicted octanol–water partition coefficient (Wildman–Crippen LogP) is 4.22. The summed E-state index contributed by atoms with van der Waals surface area (Å²) in [6.07, 6.45) is 0. The van der Waals surface area contributed by atoms with Crippen LogP contribution in [0.25, 0.3) is 32.7 Å². The highest BCUT2D eigenvalue weighted by Crippen LogP contribution is 2.33. The first-order chi connectivity index (χ1) is 10.1. The zero-order valence-corrected chi connectivity index (χ0v) is 11.5. The van der Waals surface area contributed by atoms with E-state index in [2.05, 4.69) is 9.97 Å². The average molecular weight is 297 g/mol. The van der Waals surface area contributed by atoms with Gasteiger partial charge in [0.25, 0.3) is 0 Å². The van der Waals surface area contributed by atoms with Gasteiger partial charge in [-0.05, 0) is 24.3 Å². The van der Waals surface area contributed by atoms with E-state index in [1.165, 1.54) is 0 Å². The van der Waals surface area contributed by atoms with Crippen molar-refractivity contribution in [2.45, 2.75) is 0 Å². The molecule has 2 N–H and O–H groups in total. The number of benzene rings is 2. The van der Waals surface area contributed by atoms with Gasteiger partial charge in [0.05, 0.1) is 11.0 Å². The predicted molar refractivity (Wildman–Crippen MR) is 83.1 cm³/mol. The summed E-state index contributed by atoms with van der Waals surface area (Å²) < 4.78 is 0. The van der Waals surface area contributed by atoms with Crippen molar-refractivity contribution in [2.24, 2.45) is 0 Å². The summed E-state index contributed by atoms with van der Waals surface area (Å²) >= 11 is 6.04. The normalized spacial score (nSPS) is 11.5. The van der Waals surface area contributed by atoms with Crippen LogP contribution >= 0.6 is 11.6 Å². The van der Waals surface area contributed by atoms with Crippen LogP contribution in [0.5, 0.6) is 0 Å². The highest BCUT2D eigenvalue weighted by atomic mass is 35.5. The maximum Gasteiger partial charge on any atom is 0.355 e. The molecule has 2 aromatic carbocycles. The molecule has 21 heavy (non-hydrogen) atoms. The van der Waals surface area contributed by atoms with Crippen molar-refractivity contribution in [2.75, 3.05) is 0 Å². The van der Waals surface area contributed by atoms with Gasteiger partial charge in [-0.1, -0.05) is 29.8 Å². The lowest BCUT2D eigenvalue weighted by Crippen LogP contribution is -2.01. The van der Waals surface area contributed by atoms with E-state index >= 15 is 0 Å². The van der Waals surface area contributed by atoms with Crippen molar-refractivity contribution in [3.8, 4) is 0 Å². The van der Waals surface area contributed by atoms with E-state index in [1.807, 2.05) is 24.3 Å².